The van der Waals surface area contributed by atoms with E-state index in [1.165, 1.54) is 32.1 Å². The molecule has 0 amide bonds. The Morgan fingerprint density at radius 1 is 0.574 bits per heavy atom. The number of likely N-dealkylation sites (N-methyl/N-ethyl adjacent to an activating group) is 1. The van der Waals surface area contributed by atoms with Crippen molar-refractivity contribution >= 4 is 17.9 Å². The Balaban J connectivity index is 4.51. The summed E-state index contributed by atoms with van der Waals surface area (Å²) in [6, 6.07) is -0.628. The maximum atomic E-state index is 12.7. The third-order valence-corrected chi connectivity index (χ3v) is 8.68. The van der Waals surface area contributed by atoms with Crippen molar-refractivity contribution in [3.63, 3.8) is 0 Å². The number of carbonyl (C=O) groups excluding carboxylic acids is 2. The number of carboxylic acids is 1. The van der Waals surface area contributed by atoms with Gasteiger partial charge < -0.3 is 23.8 Å². The molecule has 0 aromatic rings. The van der Waals surface area contributed by atoms with Crippen molar-refractivity contribution < 1.29 is 38.2 Å². The number of hydrogen-bond acceptors (Lipinski definition) is 6. The first-order valence-electron chi connectivity index (χ1n) is 20.7. The number of unbranched alkanes of at least 4 members (excludes halogenated alkanes) is 12. The van der Waals surface area contributed by atoms with Crippen LogP contribution in [0.2, 0.25) is 0 Å². The van der Waals surface area contributed by atoms with E-state index in [4.69, 9.17) is 14.2 Å². The topological polar surface area (TPSA) is 99.1 Å². The highest BCUT2D eigenvalue weighted by Gasteiger charge is 2.31. The molecule has 0 aliphatic carbocycles. The molecule has 0 radical (unpaired) electrons. The van der Waals surface area contributed by atoms with Crippen LogP contribution in [0.5, 0.6) is 0 Å². The Bertz CT molecular complexity index is 1160. The van der Waals surface area contributed by atoms with Crippen molar-refractivity contribution in [3.05, 3.63) is 85.1 Å². The largest absolute Gasteiger partial charge is 0.477 e. The van der Waals surface area contributed by atoms with Crippen LogP contribution in [0.3, 0.4) is 0 Å². The third-order valence-electron chi connectivity index (χ3n) is 8.68. The van der Waals surface area contributed by atoms with Crippen molar-refractivity contribution in [1.82, 2.24) is 0 Å². The molecule has 0 heterocycles. The minimum absolute atomic E-state index is 0.0369. The average molecular weight is 755 g/mol. The molecular weight excluding hydrogens is 679 g/mol. The summed E-state index contributed by atoms with van der Waals surface area (Å²) in [5.74, 6) is -1.55. The Hall–Kier alpha value is -3.49. The zero-order chi connectivity index (χ0) is 40.0. The quantitative estimate of drug-likeness (QED) is 0.0298. The Morgan fingerprint density at radius 2 is 1.04 bits per heavy atom. The van der Waals surface area contributed by atoms with Gasteiger partial charge in [-0.3, -0.25) is 9.59 Å². The molecule has 54 heavy (non-hydrogen) atoms. The molecular formula is C46H76NO7+. The summed E-state index contributed by atoms with van der Waals surface area (Å²) in [5.41, 5.74) is 0. The molecule has 8 nitrogen and oxygen atoms in total. The Kier molecular flexibility index (Phi) is 34.1. The summed E-state index contributed by atoms with van der Waals surface area (Å²) >= 11 is 0. The molecule has 1 N–H and O–H groups in total. The Labute approximate surface area is 329 Å². The summed E-state index contributed by atoms with van der Waals surface area (Å²) in [5, 5.41) is 9.60. The van der Waals surface area contributed by atoms with Crippen LogP contribution in [0.4, 0.5) is 0 Å². The maximum absolute atomic E-state index is 12.7. The number of esters is 2. The second kappa shape index (κ2) is 36.5. The first-order chi connectivity index (χ1) is 26.1. The van der Waals surface area contributed by atoms with Gasteiger partial charge >= 0.3 is 17.9 Å². The summed E-state index contributed by atoms with van der Waals surface area (Å²) in [4.78, 5) is 36.9. The molecule has 8 heteroatoms. The number of hydrogen-bond donors (Lipinski definition) is 1. The molecule has 306 valence electrons. The molecule has 0 rings (SSSR count). The highest BCUT2D eigenvalue weighted by molar-refractivity contribution is 5.72. The molecule has 0 spiro atoms. The van der Waals surface area contributed by atoms with Crippen molar-refractivity contribution in [2.75, 3.05) is 41.0 Å². The van der Waals surface area contributed by atoms with Gasteiger partial charge in [0, 0.05) is 19.3 Å². The van der Waals surface area contributed by atoms with Crippen LogP contribution in [0.1, 0.15) is 136 Å². The second-order valence-electron chi connectivity index (χ2n) is 14.7. The molecule has 0 aliphatic rings. The predicted octanol–water partition coefficient (Wildman–Crippen LogP) is 11.0. The van der Waals surface area contributed by atoms with E-state index in [0.29, 0.717) is 19.3 Å². The van der Waals surface area contributed by atoms with Crippen molar-refractivity contribution in [3.8, 4) is 0 Å². The molecule has 2 unspecified atom stereocenters. The van der Waals surface area contributed by atoms with E-state index >= 15 is 0 Å². The maximum Gasteiger partial charge on any atom is 0.362 e. The highest BCUT2D eigenvalue weighted by atomic mass is 16.6. The number of aliphatic carboxylic acids is 1. The fourth-order valence-electron chi connectivity index (χ4n) is 5.45. The number of carbonyl (C=O) groups is 3. The lowest BCUT2D eigenvalue weighted by Gasteiger charge is -2.31. The molecule has 0 aromatic carbocycles. The standard InChI is InChI=1S/C46H75NO7/c1-6-8-10-12-14-16-18-20-22-24-26-28-30-32-34-36-44(48)53-41-42(40-52-39-38-43(46(50)51)47(3,4)5)54-45(49)37-35-33-31-29-27-25-23-21-19-17-15-13-11-9-7-2/h8,10,12,14-22,24,26,42-43H,6-7,9,11,13,23,25,27-41H2,1-5H3/p+1/b10-8+,14-12+,17-15+,18-16+,21-19+,22-20+,26-24+. The SMILES string of the molecule is CC/C=C/C=C/C=C/C=C/C=C/CCCCCC(=O)OCC(COCCC(C(=O)O)[N+](C)(C)C)OC(=O)CCCCCCCC/C=C/C=C/CCCCC. The normalized spacial score (nSPS) is 13.9. The van der Waals surface area contributed by atoms with Crippen molar-refractivity contribution in [1.29, 1.82) is 0 Å². The van der Waals surface area contributed by atoms with E-state index in [0.717, 1.165) is 70.6 Å². The second-order valence-corrected chi connectivity index (χ2v) is 14.7. The van der Waals surface area contributed by atoms with E-state index in [1.54, 1.807) is 0 Å². The fourth-order valence-corrected chi connectivity index (χ4v) is 5.45. The molecule has 0 bridgehead atoms. The molecule has 0 saturated carbocycles. The fraction of sp³-hybridized carbons (Fsp3) is 0.630. The molecule has 2 atom stereocenters. The van der Waals surface area contributed by atoms with Crippen LogP contribution in [-0.2, 0) is 28.6 Å². The van der Waals surface area contributed by atoms with Crippen LogP contribution in [0.25, 0.3) is 0 Å². The number of carboxylic acid groups (broad SMARTS) is 1. The van der Waals surface area contributed by atoms with Gasteiger partial charge in [-0.25, -0.2) is 4.79 Å². The third kappa shape index (κ3) is 34.3. The van der Waals surface area contributed by atoms with Gasteiger partial charge in [0.25, 0.3) is 0 Å². The summed E-state index contributed by atoms with van der Waals surface area (Å²) in [7, 11) is 5.49. The van der Waals surface area contributed by atoms with E-state index in [-0.39, 0.29) is 36.2 Å². The number of nitrogens with zero attached hydrogens (tertiary/aromatic N) is 1. The lowest BCUT2D eigenvalue weighted by molar-refractivity contribution is -0.887. The van der Waals surface area contributed by atoms with Gasteiger partial charge in [-0.15, -0.1) is 0 Å². The zero-order valence-electron chi connectivity index (χ0n) is 34.6. The number of ether oxygens (including phenoxy) is 3. The summed E-state index contributed by atoms with van der Waals surface area (Å²) in [6.07, 6.45) is 46.2. The Morgan fingerprint density at radius 3 is 1.57 bits per heavy atom. The van der Waals surface area contributed by atoms with Gasteiger partial charge in [-0.05, 0) is 57.8 Å². The first-order valence-corrected chi connectivity index (χ1v) is 20.7. The smallest absolute Gasteiger partial charge is 0.362 e. The van der Waals surface area contributed by atoms with Gasteiger partial charge in [-0.2, -0.15) is 0 Å². The van der Waals surface area contributed by atoms with Crippen LogP contribution >= 0.6 is 0 Å². The van der Waals surface area contributed by atoms with E-state index in [2.05, 4.69) is 50.3 Å². The summed E-state index contributed by atoms with van der Waals surface area (Å²) in [6.45, 7) is 4.48. The monoisotopic (exact) mass is 755 g/mol. The number of allylic oxidation sites excluding steroid dienone is 14. The van der Waals surface area contributed by atoms with E-state index in [9.17, 15) is 19.5 Å². The number of rotatable bonds is 35. The van der Waals surface area contributed by atoms with Crippen LogP contribution in [-0.4, -0.2) is 80.6 Å². The first kappa shape index (κ1) is 50.5. The van der Waals surface area contributed by atoms with Gasteiger partial charge in [0.15, 0.2) is 12.1 Å². The van der Waals surface area contributed by atoms with E-state index in [1.807, 2.05) is 69.8 Å². The highest BCUT2D eigenvalue weighted by Crippen LogP contribution is 2.12. The van der Waals surface area contributed by atoms with E-state index < -0.39 is 18.1 Å². The molecule has 0 aromatic heterocycles. The van der Waals surface area contributed by atoms with Gasteiger partial charge in [0.1, 0.15) is 6.61 Å². The van der Waals surface area contributed by atoms with Crippen molar-refractivity contribution in [2.24, 2.45) is 0 Å². The van der Waals surface area contributed by atoms with Crippen LogP contribution in [0.15, 0.2) is 85.1 Å². The van der Waals surface area contributed by atoms with Crippen LogP contribution < -0.4 is 0 Å². The minimum Gasteiger partial charge on any atom is -0.477 e. The molecule has 0 fully saturated rings. The molecule has 0 aliphatic heterocycles. The predicted molar refractivity (Wildman–Crippen MR) is 224 cm³/mol. The van der Waals surface area contributed by atoms with Crippen molar-refractivity contribution in [2.45, 2.75) is 148 Å². The zero-order valence-corrected chi connectivity index (χ0v) is 34.6. The minimum atomic E-state index is -0.888. The molecule has 0 saturated heterocycles. The van der Waals surface area contributed by atoms with Crippen LogP contribution in [0, 0.1) is 0 Å². The number of quaternary nitrogens is 1. The lowest BCUT2D eigenvalue weighted by atomic mass is 10.1. The van der Waals surface area contributed by atoms with Gasteiger partial charge in [0.2, 0.25) is 0 Å². The van der Waals surface area contributed by atoms with Gasteiger partial charge in [-0.1, -0.05) is 144 Å². The summed E-state index contributed by atoms with van der Waals surface area (Å²) < 4.78 is 17.2. The lowest BCUT2D eigenvalue weighted by Crippen LogP contribution is -2.50. The average Bonchev–Trinajstić information content (AvgIpc) is 3.12. The van der Waals surface area contributed by atoms with Gasteiger partial charge in [0.05, 0.1) is 34.4 Å².